The van der Waals surface area contributed by atoms with E-state index in [9.17, 15) is 9.59 Å². The van der Waals surface area contributed by atoms with Gasteiger partial charge in [0, 0.05) is 19.5 Å². The molecular weight excluding hydrogens is 256 g/mol. The van der Waals surface area contributed by atoms with Crippen LogP contribution in [0.1, 0.15) is 47.0 Å². The first-order valence-corrected chi connectivity index (χ1v) is 7.45. The number of aliphatic carboxylic acids is 1. The standard InChI is InChI=1S/C15H30N2O3/c1-10(2)5-12(7-14(18)19)9-17-15(20)13(8-16)6-11(3)4/h10-13H,5-9,16H2,1-4H3,(H,17,20)(H,18,19). The van der Waals surface area contributed by atoms with Crippen molar-refractivity contribution >= 4 is 11.9 Å². The minimum Gasteiger partial charge on any atom is -0.481 e. The average molecular weight is 286 g/mol. The molecule has 0 aromatic carbocycles. The van der Waals surface area contributed by atoms with Gasteiger partial charge in [-0.1, -0.05) is 27.7 Å². The van der Waals surface area contributed by atoms with Crippen molar-refractivity contribution in [3.8, 4) is 0 Å². The van der Waals surface area contributed by atoms with E-state index in [1.165, 1.54) is 0 Å². The molecule has 0 saturated carbocycles. The van der Waals surface area contributed by atoms with E-state index in [2.05, 4.69) is 33.0 Å². The number of hydrogen-bond acceptors (Lipinski definition) is 3. The molecule has 0 aliphatic rings. The topological polar surface area (TPSA) is 92.4 Å². The number of carboxylic acid groups (broad SMARTS) is 1. The van der Waals surface area contributed by atoms with Gasteiger partial charge in [-0.05, 0) is 30.6 Å². The molecule has 0 aromatic rings. The third-order valence-corrected chi connectivity index (χ3v) is 3.24. The highest BCUT2D eigenvalue weighted by atomic mass is 16.4. The van der Waals surface area contributed by atoms with Crippen LogP contribution >= 0.6 is 0 Å². The number of hydrogen-bond donors (Lipinski definition) is 3. The summed E-state index contributed by atoms with van der Waals surface area (Å²) in [5.74, 6) is -0.242. The Kier molecular flexibility index (Phi) is 9.21. The molecular formula is C15H30N2O3. The second kappa shape index (κ2) is 9.75. The number of amides is 1. The zero-order valence-electron chi connectivity index (χ0n) is 13.2. The summed E-state index contributed by atoms with van der Waals surface area (Å²) in [4.78, 5) is 22.9. The molecule has 0 rings (SSSR count). The maximum atomic E-state index is 12.0. The zero-order chi connectivity index (χ0) is 15.7. The smallest absolute Gasteiger partial charge is 0.303 e. The number of carbonyl (C=O) groups is 2. The lowest BCUT2D eigenvalue weighted by Crippen LogP contribution is -2.38. The van der Waals surface area contributed by atoms with E-state index in [1.54, 1.807) is 0 Å². The Hall–Kier alpha value is -1.10. The normalized spacial score (nSPS) is 14.3. The highest BCUT2D eigenvalue weighted by Gasteiger charge is 2.20. The molecule has 5 heteroatoms. The van der Waals surface area contributed by atoms with Crippen LogP contribution in [0, 0.1) is 23.7 Å². The molecule has 2 atom stereocenters. The van der Waals surface area contributed by atoms with E-state index < -0.39 is 5.97 Å². The SMILES string of the molecule is CC(C)CC(CNC(=O)C(CN)CC(C)C)CC(=O)O. The minimum absolute atomic E-state index is 0.0195. The van der Waals surface area contributed by atoms with Crippen molar-refractivity contribution in [1.29, 1.82) is 0 Å². The third kappa shape index (κ3) is 8.91. The van der Waals surface area contributed by atoms with Gasteiger partial charge in [0.1, 0.15) is 0 Å². The predicted octanol–water partition coefficient (Wildman–Crippen LogP) is 1.86. The fourth-order valence-electron chi connectivity index (χ4n) is 2.42. The lowest BCUT2D eigenvalue weighted by Gasteiger charge is -2.21. The molecule has 5 nitrogen and oxygen atoms in total. The van der Waals surface area contributed by atoms with Crippen molar-refractivity contribution in [2.75, 3.05) is 13.1 Å². The molecule has 0 heterocycles. The van der Waals surface area contributed by atoms with Crippen molar-refractivity contribution in [1.82, 2.24) is 5.32 Å². The van der Waals surface area contributed by atoms with Crippen LogP contribution in [0.2, 0.25) is 0 Å². The van der Waals surface area contributed by atoms with Gasteiger partial charge in [-0.3, -0.25) is 9.59 Å². The van der Waals surface area contributed by atoms with Crippen LogP contribution in [0.3, 0.4) is 0 Å². The Morgan fingerprint density at radius 2 is 1.65 bits per heavy atom. The Morgan fingerprint density at radius 1 is 1.10 bits per heavy atom. The van der Waals surface area contributed by atoms with Gasteiger partial charge in [-0.25, -0.2) is 0 Å². The second-order valence-electron chi connectivity index (χ2n) is 6.40. The lowest BCUT2D eigenvalue weighted by atomic mass is 9.93. The predicted molar refractivity (Wildman–Crippen MR) is 80.2 cm³/mol. The summed E-state index contributed by atoms with van der Waals surface area (Å²) < 4.78 is 0. The summed E-state index contributed by atoms with van der Waals surface area (Å²) in [5, 5.41) is 11.8. The monoisotopic (exact) mass is 286 g/mol. The lowest BCUT2D eigenvalue weighted by molar-refractivity contribution is -0.138. The van der Waals surface area contributed by atoms with Gasteiger partial charge in [-0.2, -0.15) is 0 Å². The van der Waals surface area contributed by atoms with E-state index in [-0.39, 0.29) is 24.2 Å². The first kappa shape index (κ1) is 18.9. The molecule has 0 fully saturated rings. The summed E-state index contributed by atoms with van der Waals surface area (Å²) in [6.45, 7) is 8.97. The molecule has 0 bridgehead atoms. The number of nitrogens with two attached hydrogens (primary N) is 1. The molecule has 0 saturated heterocycles. The van der Waals surface area contributed by atoms with E-state index in [1.807, 2.05) is 0 Å². The van der Waals surface area contributed by atoms with Gasteiger partial charge >= 0.3 is 5.97 Å². The zero-order valence-corrected chi connectivity index (χ0v) is 13.2. The second-order valence-corrected chi connectivity index (χ2v) is 6.40. The molecule has 4 N–H and O–H groups in total. The van der Waals surface area contributed by atoms with Crippen molar-refractivity contribution in [2.24, 2.45) is 29.4 Å². The van der Waals surface area contributed by atoms with Crippen LogP contribution in [0.5, 0.6) is 0 Å². The first-order chi connectivity index (χ1) is 9.26. The summed E-state index contributed by atoms with van der Waals surface area (Å²) in [6.07, 6.45) is 1.65. The number of nitrogens with one attached hydrogen (secondary N) is 1. The van der Waals surface area contributed by atoms with Crippen molar-refractivity contribution in [3.63, 3.8) is 0 Å². The Balaban J connectivity index is 4.36. The fourth-order valence-corrected chi connectivity index (χ4v) is 2.42. The Morgan fingerprint density at radius 3 is 2.05 bits per heavy atom. The van der Waals surface area contributed by atoms with Gasteiger partial charge in [0.15, 0.2) is 0 Å². The van der Waals surface area contributed by atoms with Crippen LogP contribution < -0.4 is 11.1 Å². The van der Waals surface area contributed by atoms with Crippen LogP contribution in [-0.2, 0) is 9.59 Å². The van der Waals surface area contributed by atoms with E-state index in [0.29, 0.717) is 24.9 Å². The average Bonchev–Trinajstić information content (AvgIpc) is 2.30. The summed E-state index contributed by atoms with van der Waals surface area (Å²) >= 11 is 0. The van der Waals surface area contributed by atoms with Crippen LogP contribution in [0.15, 0.2) is 0 Å². The summed E-state index contributed by atoms with van der Waals surface area (Å²) in [5.41, 5.74) is 5.63. The molecule has 0 aliphatic heterocycles. The maximum Gasteiger partial charge on any atom is 0.303 e. The molecule has 2 unspecified atom stereocenters. The molecule has 1 amide bonds. The number of carbonyl (C=O) groups excluding carboxylic acids is 1. The molecule has 0 aliphatic carbocycles. The fraction of sp³-hybridized carbons (Fsp3) is 0.867. The Labute approximate surface area is 122 Å². The highest BCUT2D eigenvalue weighted by Crippen LogP contribution is 2.16. The van der Waals surface area contributed by atoms with E-state index >= 15 is 0 Å². The van der Waals surface area contributed by atoms with Crippen molar-refractivity contribution in [3.05, 3.63) is 0 Å². The number of carboxylic acids is 1. The Bertz CT molecular complexity index is 303. The molecule has 0 spiro atoms. The summed E-state index contributed by atoms with van der Waals surface area (Å²) in [6, 6.07) is 0. The third-order valence-electron chi connectivity index (χ3n) is 3.24. The van der Waals surface area contributed by atoms with Gasteiger partial charge in [0.25, 0.3) is 0 Å². The van der Waals surface area contributed by atoms with Crippen LogP contribution in [-0.4, -0.2) is 30.1 Å². The first-order valence-electron chi connectivity index (χ1n) is 7.45. The van der Waals surface area contributed by atoms with Crippen LogP contribution in [0.25, 0.3) is 0 Å². The van der Waals surface area contributed by atoms with Gasteiger partial charge in [0.05, 0.1) is 5.92 Å². The van der Waals surface area contributed by atoms with Crippen LogP contribution in [0.4, 0.5) is 0 Å². The molecule has 118 valence electrons. The molecule has 0 radical (unpaired) electrons. The largest absolute Gasteiger partial charge is 0.481 e. The number of rotatable bonds is 10. The van der Waals surface area contributed by atoms with Crippen molar-refractivity contribution < 1.29 is 14.7 Å². The minimum atomic E-state index is -0.817. The molecule has 0 aromatic heterocycles. The van der Waals surface area contributed by atoms with Gasteiger partial charge in [-0.15, -0.1) is 0 Å². The van der Waals surface area contributed by atoms with Crippen molar-refractivity contribution in [2.45, 2.75) is 47.0 Å². The maximum absolute atomic E-state index is 12.0. The van der Waals surface area contributed by atoms with Gasteiger partial charge in [0.2, 0.25) is 5.91 Å². The summed E-state index contributed by atoms with van der Waals surface area (Å²) in [7, 11) is 0. The van der Waals surface area contributed by atoms with E-state index in [4.69, 9.17) is 10.8 Å². The van der Waals surface area contributed by atoms with Gasteiger partial charge < -0.3 is 16.2 Å². The quantitative estimate of drug-likeness (QED) is 0.571. The highest BCUT2D eigenvalue weighted by molar-refractivity contribution is 5.79. The van der Waals surface area contributed by atoms with E-state index in [0.717, 1.165) is 12.8 Å². The molecule has 20 heavy (non-hydrogen) atoms.